The normalized spacial score (nSPS) is 34.4. The lowest BCUT2D eigenvalue weighted by Gasteiger charge is -2.34. The van der Waals surface area contributed by atoms with Crippen LogP contribution in [0.3, 0.4) is 0 Å². The van der Waals surface area contributed by atoms with E-state index in [0.717, 1.165) is 6.04 Å². The molecule has 2 heterocycles. The fourth-order valence-corrected chi connectivity index (χ4v) is 2.25. The van der Waals surface area contributed by atoms with E-state index >= 15 is 0 Å². The molecule has 2 saturated heterocycles. The molecule has 2 heteroatoms. The van der Waals surface area contributed by atoms with Gasteiger partial charge in [-0.15, -0.1) is 0 Å². The van der Waals surface area contributed by atoms with E-state index in [2.05, 4.69) is 10.2 Å². The summed E-state index contributed by atoms with van der Waals surface area (Å²) in [5, 5.41) is 3.47. The zero-order valence-corrected chi connectivity index (χ0v) is 7.18. The molecule has 11 heavy (non-hydrogen) atoms. The Labute approximate surface area is 69.0 Å². The van der Waals surface area contributed by atoms with Gasteiger partial charge in [-0.25, -0.2) is 0 Å². The van der Waals surface area contributed by atoms with Gasteiger partial charge in [0.2, 0.25) is 0 Å². The number of rotatable bonds is 0. The van der Waals surface area contributed by atoms with Crippen molar-refractivity contribution >= 4 is 0 Å². The first-order valence-corrected chi connectivity index (χ1v) is 4.91. The molecule has 2 nitrogen and oxygen atoms in total. The lowest BCUT2D eigenvalue weighted by Crippen LogP contribution is -2.50. The van der Waals surface area contributed by atoms with Gasteiger partial charge in [-0.1, -0.05) is 12.8 Å². The van der Waals surface area contributed by atoms with E-state index in [-0.39, 0.29) is 0 Å². The summed E-state index contributed by atoms with van der Waals surface area (Å²) in [7, 11) is 0. The highest BCUT2D eigenvalue weighted by molar-refractivity contribution is 4.81. The molecule has 2 rings (SSSR count). The van der Waals surface area contributed by atoms with Crippen molar-refractivity contribution in [1.29, 1.82) is 0 Å². The van der Waals surface area contributed by atoms with Gasteiger partial charge in [0.25, 0.3) is 0 Å². The van der Waals surface area contributed by atoms with Gasteiger partial charge in [0, 0.05) is 25.7 Å². The summed E-state index contributed by atoms with van der Waals surface area (Å²) in [5.41, 5.74) is 0. The number of piperazine rings is 1. The summed E-state index contributed by atoms with van der Waals surface area (Å²) in [6.07, 6.45) is 5.75. The molecule has 0 aromatic rings. The monoisotopic (exact) mass is 154 g/mol. The van der Waals surface area contributed by atoms with Gasteiger partial charge in [0.15, 0.2) is 0 Å². The van der Waals surface area contributed by atoms with Gasteiger partial charge in [0.05, 0.1) is 0 Å². The molecule has 0 bridgehead atoms. The van der Waals surface area contributed by atoms with Crippen LogP contribution in [-0.2, 0) is 0 Å². The first-order chi connectivity index (χ1) is 5.47. The van der Waals surface area contributed by atoms with E-state index in [9.17, 15) is 0 Å². The Bertz CT molecular complexity index is 111. The molecule has 64 valence electrons. The van der Waals surface area contributed by atoms with Crippen molar-refractivity contribution in [3.63, 3.8) is 0 Å². The molecule has 0 amide bonds. The third-order valence-electron chi connectivity index (χ3n) is 2.95. The van der Waals surface area contributed by atoms with Crippen LogP contribution in [0.2, 0.25) is 0 Å². The molecule has 0 spiro atoms. The van der Waals surface area contributed by atoms with E-state index in [4.69, 9.17) is 0 Å². The van der Waals surface area contributed by atoms with Gasteiger partial charge in [-0.2, -0.15) is 0 Å². The molecule has 0 radical (unpaired) electrons. The summed E-state index contributed by atoms with van der Waals surface area (Å²) in [6, 6.07) is 0.867. The molecule has 2 aliphatic heterocycles. The fraction of sp³-hybridized carbons (Fsp3) is 1.00. The third-order valence-corrected chi connectivity index (χ3v) is 2.95. The van der Waals surface area contributed by atoms with Gasteiger partial charge in [-0.3, -0.25) is 4.90 Å². The minimum Gasteiger partial charge on any atom is -0.314 e. The van der Waals surface area contributed by atoms with Crippen LogP contribution in [0, 0.1) is 0 Å². The van der Waals surface area contributed by atoms with E-state index in [1.54, 1.807) is 0 Å². The molecule has 0 saturated carbocycles. The van der Waals surface area contributed by atoms with Crippen LogP contribution >= 0.6 is 0 Å². The molecular formula is C9H18N2. The zero-order valence-electron chi connectivity index (χ0n) is 7.18. The number of fused-ring (bicyclic) bond motifs is 1. The Morgan fingerprint density at radius 3 is 3.09 bits per heavy atom. The molecule has 0 aromatic heterocycles. The average Bonchev–Trinajstić information content (AvgIpc) is 2.28. The molecule has 1 unspecified atom stereocenters. The lowest BCUT2D eigenvalue weighted by atomic mass is 10.1. The van der Waals surface area contributed by atoms with Crippen molar-refractivity contribution in [2.24, 2.45) is 0 Å². The van der Waals surface area contributed by atoms with Crippen molar-refractivity contribution in [2.75, 3.05) is 26.2 Å². The quantitative estimate of drug-likeness (QED) is 0.556. The van der Waals surface area contributed by atoms with Gasteiger partial charge < -0.3 is 5.32 Å². The van der Waals surface area contributed by atoms with Crippen molar-refractivity contribution in [3.05, 3.63) is 0 Å². The van der Waals surface area contributed by atoms with Crippen LogP contribution in [0.4, 0.5) is 0 Å². The minimum absolute atomic E-state index is 0.867. The van der Waals surface area contributed by atoms with Crippen molar-refractivity contribution in [2.45, 2.75) is 31.7 Å². The molecular weight excluding hydrogens is 136 g/mol. The van der Waals surface area contributed by atoms with E-state index in [1.165, 1.54) is 51.9 Å². The highest BCUT2D eigenvalue weighted by Gasteiger charge is 2.22. The Hall–Kier alpha value is -0.0800. The van der Waals surface area contributed by atoms with Crippen LogP contribution in [0.15, 0.2) is 0 Å². The van der Waals surface area contributed by atoms with Gasteiger partial charge >= 0.3 is 0 Å². The minimum atomic E-state index is 0.867. The van der Waals surface area contributed by atoms with Crippen LogP contribution in [0.25, 0.3) is 0 Å². The largest absolute Gasteiger partial charge is 0.314 e. The second-order valence-corrected chi connectivity index (χ2v) is 3.74. The summed E-state index contributed by atoms with van der Waals surface area (Å²) >= 11 is 0. The maximum Gasteiger partial charge on any atom is 0.0221 e. The summed E-state index contributed by atoms with van der Waals surface area (Å²) < 4.78 is 0. The van der Waals surface area contributed by atoms with Crippen LogP contribution < -0.4 is 5.32 Å². The summed E-state index contributed by atoms with van der Waals surface area (Å²) in [6.45, 7) is 5.08. The molecule has 1 atom stereocenters. The summed E-state index contributed by atoms with van der Waals surface area (Å²) in [4.78, 5) is 2.67. The molecule has 0 aliphatic carbocycles. The van der Waals surface area contributed by atoms with Crippen molar-refractivity contribution in [3.8, 4) is 0 Å². The van der Waals surface area contributed by atoms with Crippen LogP contribution in [0.1, 0.15) is 25.7 Å². The SMILES string of the molecule is C1CCC2CNCCN2CC1. The van der Waals surface area contributed by atoms with Crippen LogP contribution in [0.5, 0.6) is 0 Å². The highest BCUT2D eigenvalue weighted by atomic mass is 15.2. The topological polar surface area (TPSA) is 15.3 Å². The molecule has 1 N–H and O–H groups in total. The predicted molar refractivity (Wildman–Crippen MR) is 46.7 cm³/mol. The van der Waals surface area contributed by atoms with Crippen molar-refractivity contribution in [1.82, 2.24) is 10.2 Å². The Morgan fingerprint density at radius 1 is 1.09 bits per heavy atom. The average molecular weight is 154 g/mol. The van der Waals surface area contributed by atoms with Crippen LogP contribution in [-0.4, -0.2) is 37.1 Å². The van der Waals surface area contributed by atoms with Gasteiger partial charge in [-0.05, 0) is 19.4 Å². The number of nitrogens with zero attached hydrogens (tertiary/aromatic N) is 1. The first kappa shape index (κ1) is 7.56. The number of hydrogen-bond acceptors (Lipinski definition) is 2. The Balaban J connectivity index is 1.93. The maximum atomic E-state index is 3.47. The van der Waals surface area contributed by atoms with Crippen molar-refractivity contribution < 1.29 is 0 Å². The molecule has 2 aliphatic rings. The highest BCUT2D eigenvalue weighted by Crippen LogP contribution is 2.17. The maximum absolute atomic E-state index is 3.47. The molecule has 2 fully saturated rings. The number of nitrogens with one attached hydrogen (secondary N) is 1. The van der Waals surface area contributed by atoms with E-state index in [1.807, 2.05) is 0 Å². The Morgan fingerprint density at radius 2 is 2.09 bits per heavy atom. The van der Waals surface area contributed by atoms with Gasteiger partial charge in [0.1, 0.15) is 0 Å². The second kappa shape index (κ2) is 3.55. The third kappa shape index (κ3) is 1.74. The van der Waals surface area contributed by atoms with E-state index in [0.29, 0.717) is 0 Å². The predicted octanol–water partition coefficient (Wildman–Crippen LogP) is 0.834. The smallest absolute Gasteiger partial charge is 0.0221 e. The van der Waals surface area contributed by atoms with E-state index < -0.39 is 0 Å². The second-order valence-electron chi connectivity index (χ2n) is 3.74. The fourth-order valence-electron chi connectivity index (χ4n) is 2.25. The first-order valence-electron chi connectivity index (χ1n) is 4.91. The number of hydrogen-bond donors (Lipinski definition) is 1. The summed E-state index contributed by atoms with van der Waals surface area (Å²) in [5.74, 6) is 0. The zero-order chi connectivity index (χ0) is 7.52. The standard InChI is InChI=1S/C9H18N2/c1-2-4-9-8-10-5-7-11(9)6-3-1/h9-10H,1-8H2. The Kier molecular flexibility index (Phi) is 2.44. The molecule has 0 aromatic carbocycles. The lowest BCUT2D eigenvalue weighted by molar-refractivity contribution is 0.165.